The van der Waals surface area contributed by atoms with Crippen molar-refractivity contribution in [1.82, 2.24) is 9.44 Å². The van der Waals surface area contributed by atoms with Crippen LogP contribution in [0, 0.1) is 0 Å². The Hall–Kier alpha value is -0.500. The van der Waals surface area contributed by atoms with Gasteiger partial charge in [-0.3, -0.25) is 9.44 Å². The van der Waals surface area contributed by atoms with Crippen molar-refractivity contribution in [1.29, 1.82) is 0 Å². The normalized spacial score (nSPS) is 8.60. The second-order valence-corrected chi connectivity index (χ2v) is 2.66. The summed E-state index contributed by atoms with van der Waals surface area (Å²) < 4.78 is 25.7. The highest BCUT2D eigenvalue weighted by molar-refractivity contribution is 8.75. The number of amides is 2. The Morgan fingerprint density at radius 3 is 1.50 bits per heavy atom. The zero-order chi connectivity index (χ0) is 7.98. The van der Waals surface area contributed by atoms with Gasteiger partial charge in [0.25, 0.3) is 0 Å². The van der Waals surface area contributed by atoms with Crippen molar-refractivity contribution in [3.63, 3.8) is 0 Å². The molecule has 0 spiro atoms. The molecule has 2 amide bonds. The average molecular weight is 188 g/mol. The van der Waals surface area contributed by atoms with Crippen LogP contribution in [0.15, 0.2) is 0 Å². The summed E-state index contributed by atoms with van der Waals surface area (Å²) in [6.07, 6.45) is -3.52. The standard InChI is InChI=1S/C2H2F2N2O2S2/c3-1(7)5-9-10-6-2(4)8/h(H,5,7)(H,6,8). The lowest BCUT2D eigenvalue weighted by atomic mass is 11.4. The molecule has 10 heavy (non-hydrogen) atoms. The van der Waals surface area contributed by atoms with Crippen molar-refractivity contribution >= 4 is 34.3 Å². The van der Waals surface area contributed by atoms with Crippen LogP contribution in [0.5, 0.6) is 0 Å². The fourth-order valence-electron chi connectivity index (χ4n) is 0.107. The highest BCUT2D eigenvalue weighted by atomic mass is 33.1. The molecule has 0 aromatic rings. The zero-order valence-electron chi connectivity index (χ0n) is 4.39. The molecule has 0 bridgehead atoms. The summed E-state index contributed by atoms with van der Waals surface area (Å²) in [5.74, 6) is 0. The molecule has 0 unspecified atom stereocenters. The highest BCUT2D eigenvalue weighted by Gasteiger charge is 1.98. The number of rotatable bonds is 3. The van der Waals surface area contributed by atoms with Crippen LogP contribution in [0.1, 0.15) is 0 Å². The molecule has 0 saturated carbocycles. The van der Waals surface area contributed by atoms with Crippen LogP contribution in [-0.2, 0) is 0 Å². The molecular weight excluding hydrogens is 186 g/mol. The van der Waals surface area contributed by atoms with Crippen LogP contribution in [0.2, 0.25) is 0 Å². The fraction of sp³-hybridized carbons (Fsp3) is 0. The molecule has 58 valence electrons. The van der Waals surface area contributed by atoms with Crippen LogP contribution < -0.4 is 9.44 Å². The minimum Gasteiger partial charge on any atom is -0.261 e. The topological polar surface area (TPSA) is 58.2 Å². The first-order valence-electron chi connectivity index (χ1n) is 1.86. The third-order valence-electron chi connectivity index (χ3n) is 0.285. The van der Waals surface area contributed by atoms with E-state index in [-0.39, 0.29) is 0 Å². The summed E-state index contributed by atoms with van der Waals surface area (Å²) in [6.45, 7) is 0. The van der Waals surface area contributed by atoms with E-state index in [9.17, 15) is 18.4 Å². The Labute approximate surface area is 62.8 Å². The van der Waals surface area contributed by atoms with Crippen molar-refractivity contribution in [2.45, 2.75) is 0 Å². The molecule has 0 saturated heterocycles. The molecule has 0 aliphatic carbocycles. The number of hydrogen-bond donors (Lipinski definition) is 2. The van der Waals surface area contributed by atoms with Crippen LogP contribution in [0.4, 0.5) is 18.4 Å². The van der Waals surface area contributed by atoms with Crippen LogP contribution in [0.3, 0.4) is 0 Å². The van der Waals surface area contributed by atoms with Gasteiger partial charge in [0.15, 0.2) is 0 Å². The summed E-state index contributed by atoms with van der Waals surface area (Å²) in [4.78, 5) is 18.9. The zero-order valence-corrected chi connectivity index (χ0v) is 6.02. The number of nitrogens with one attached hydrogen (secondary N) is 2. The van der Waals surface area contributed by atoms with Gasteiger partial charge in [0, 0.05) is 22.0 Å². The molecule has 0 rings (SSSR count). The van der Waals surface area contributed by atoms with Crippen LogP contribution in [0.25, 0.3) is 0 Å². The van der Waals surface area contributed by atoms with Crippen LogP contribution >= 0.6 is 22.0 Å². The molecule has 0 aromatic carbocycles. The quantitative estimate of drug-likeness (QED) is 0.232. The van der Waals surface area contributed by atoms with E-state index in [1.54, 1.807) is 9.44 Å². The highest BCUT2D eigenvalue weighted by Crippen LogP contribution is 2.12. The molecule has 4 nitrogen and oxygen atoms in total. The minimum atomic E-state index is -1.76. The molecule has 0 aliphatic rings. The fourth-order valence-corrected chi connectivity index (χ4v) is 0.965. The van der Waals surface area contributed by atoms with Gasteiger partial charge >= 0.3 is 12.3 Å². The lowest BCUT2D eigenvalue weighted by molar-refractivity contribution is 0.227. The van der Waals surface area contributed by atoms with E-state index in [1.807, 2.05) is 0 Å². The Morgan fingerprint density at radius 2 is 1.30 bits per heavy atom. The largest absolute Gasteiger partial charge is 0.408 e. The van der Waals surface area contributed by atoms with Crippen molar-refractivity contribution in [3.05, 3.63) is 0 Å². The summed E-state index contributed by atoms with van der Waals surface area (Å²) in [5.41, 5.74) is 0. The number of hydrogen-bond acceptors (Lipinski definition) is 4. The average Bonchev–Trinajstić information content (AvgIpc) is 1.79. The number of halogens is 2. The molecule has 0 fully saturated rings. The third kappa shape index (κ3) is 7.50. The molecular formula is C2H2F2N2O2S2. The van der Waals surface area contributed by atoms with Gasteiger partial charge < -0.3 is 0 Å². The van der Waals surface area contributed by atoms with Crippen molar-refractivity contribution in [3.8, 4) is 0 Å². The molecule has 0 aliphatic heterocycles. The molecule has 8 heteroatoms. The van der Waals surface area contributed by atoms with E-state index in [0.717, 1.165) is 0 Å². The van der Waals surface area contributed by atoms with E-state index in [1.165, 1.54) is 0 Å². The number of carbonyl (C=O) groups is 2. The number of carbonyl (C=O) groups excluding carboxylic acids is 2. The molecule has 2 N–H and O–H groups in total. The van der Waals surface area contributed by atoms with Crippen molar-refractivity contribution in [2.75, 3.05) is 0 Å². The van der Waals surface area contributed by atoms with Gasteiger partial charge in [-0.1, -0.05) is 0 Å². The third-order valence-corrected chi connectivity index (χ3v) is 1.61. The second kappa shape index (κ2) is 5.30. The lowest BCUT2D eigenvalue weighted by Gasteiger charge is -1.94. The maximum atomic E-state index is 11.2. The van der Waals surface area contributed by atoms with Gasteiger partial charge in [0.2, 0.25) is 0 Å². The van der Waals surface area contributed by atoms with Gasteiger partial charge in [0.1, 0.15) is 0 Å². The van der Waals surface area contributed by atoms with Gasteiger partial charge in [0.05, 0.1) is 0 Å². The Morgan fingerprint density at radius 1 is 1.00 bits per heavy atom. The van der Waals surface area contributed by atoms with E-state index in [0.29, 0.717) is 22.0 Å². The molecule has 0 heterocycles. The predicted molar refractivity (Wildman–Crippen MR) is 34.5 cm³/mol. The lowest BCUT2D eigenvalue weighted by Crippen LogP contribution is -2.10. The minimum absolute atomic E-state index is 0.460. The Balaban J connectivity index is 3.06. The smallest absolute Gasteiger partial charge is 0.261 e. The predicted octanol–water partition coefficient (Wildman–Crippen LogP) is 1.56. The first-order chi connectivity index (χ1) is 4.63. The summed E-state index contributed by atoms with van der Waals surface area (Å²) >= 11 is 0. The first kappa shape index (κ1) is 9.50. The van der Waals surface area contributed by atoms with Gasteiger partial charge in [-0.05, 0) is 0 Å². The summed E-state index contributed by atoms with van der Waals surface area (Å²) in [7, 11) is 0.920. The van der Waals surface area contributed by atoms with E-state index >= 15 is 0 Å². The van der Waals surface area contributed by atoms with Crippen molar-refractivity contribution in [2.24, 2.45) is 0 Å². The molecule has 0 atom stereocenters. The van der Waals surface area contributed by atoms with E-state index in [4.69, 9.17) is 0 Å². The SMILES string of the molecule is O=C(F)NSSNC(=O)F. The van der Waals surface area contributed by atoms with Crippen LogP contribution in [-0.4, -0.2) is 12.3 Å². The first-order valence-corrected chi connectivity index (χ1v) is 4.01. The Kier molecular flexibility index (Phi) is 5.03. The Bertz CT molecular complexity index is 127. The van der Waals surface area contributed by atoms with E-state index in [2.05, 4.69) is 0 Å². The second-order valence-electron chi connectivity index (χ2n) is 0.918. The summed E-state index contributed by atoms with van der Waals surface area (Å²) in [6, 6.07) is 0. The van der Waals surface area contributed by atoms with Gasteiger partial charge in [-0.15, -0.1) is 8.78 Å². The maximum Gasteiger partial charge on any atom is 0.408 e. The molecule has 0 aromatic heterocycles. The van der Waals surface area contributed by atoms with Gasteiger partial charge in [-0.25, -0.2) is 9.59 Å². The maximum absolute atomic E-state index is 11.2. The van der Waals surface area contributed by atoms with Gasteiger partial charge in [-0.2, -0.15) is 0 Å². The van der Waals surface area contributed by atoms with Crippen molar-refractivity contribution < 1.29 is 18.4 Å². The summed E-state index contributed by atoms with van der Waals surface area (Å²) in [5, 5.41) is 0. The monoisotopic (exact) mass is 188 g/mol. The molecule has 0 radical (unpaired) electrons. The van der Waals surface area contributed by atoms with E-state index < -0.39 is 12.3 Å².